The highest BCUT2D eigenvalue weighted by Crippen LogP contribution is 2.28. The van der Waals surface area contributed by atoms with Gasteiger partial charge in [-0.2, -0.15) is 0 Å². The minimum absolute atomic E-state index is 0.350. The van der Waals surface area contributed by atoms with E-state index < -0.39 is 0 Å². The Morgan fingerprint density at radius 3 is 3.08 bits per heavy atom. The number of hydrogen-bond donors (Lipinski definition) is 2. The Bertz CT molecular complexity index is 312. The zero-order valence-electron chi connectivity index (χ0n) is 6.60. The minimum Gasteiger partial charge on any atom is -0.508 e. The first-order valence-electron chi connectivity index (χ1n) is 3.98. The summed E-state index contributed by atoms with van der Waals surface area (Å²) in [6.45, 7) is 1.90. The van der Waals surface area contributed by atoms with Gasteiger partial charge in [-0.05, 0) is 36.2 Å². The smallest absolute Gasteiger partial charge is 0.116 e. The van der Waals surface area contributed by atoms with Crippen molar-refractivity contribution in [1.82, 2.24) is 5.32 Å². The van der Waals surface area contributed by atoms with Crippen LogP contribution in [0, 0.1) is 0 Å². The van der Waals surface area contributed by atoms with Crippen LogP contribution in [-0.4, -0.2) is 11.7 Å². The fraction of sp³-hybridized carbons (Fsp3) is 0.333. The highest BCUT2D eigenvalue weighted by Gasteiger charge is 2.12. The van der Waals surface area contributed by atoms with Gasteiger partial charge in [0.2, 0.25) is 0 Å². The Morgan fingerprint density at radius 2 is 2.25 bits per heavy atom. The molecule has 0 fully saturated rings. The van der Waals surface area contributed by atoms with Crippen LogP contribution in [0.3, 0.4) is 0 Å². The first kappa shape index (κ1) is 8.08. The van der Waals surface area contributed by atoms with Crippen molar-refractivity contribution in [2.24, 2.45) is 0 Å². The molecule has 0 saturated heterocycles. The first-order chi connectivity index (χ1) is 5.77. The van der Waals surface area contributed by atoms with Crippen molar-refractivity contribution in [1.29, 1.82) is 0 Å². The molecule has 0 amide bonds. The van der Waals surface area contributed by atoms with Gasteiger partial charge in [0, 0.05) is 11.0 Å². The maximum atomic E-state index is 9.32. The van der Waals surface area contributed by atoms with Crippen molar-refractivity contribution in [3.63, 3.8) is 0 Å². The molecule has 2 rings (SSSR count). The fourth-order valence-corrected chi connectivity index (χ4v) is 2.16. The predicted octanol–water partition coefficient (Wildman–Crippen LogP) is 1.80. The summed E-state index contributed by atoms with van der Waals surface area (Å²) >= 11 is 3.43. The molecule has 3 heteroatoms. The lowest BCUT2D eigenvalue weighted by Crippen LogP contribution is -2.23. The molecule has 12 heavy (non-hydrogen) atoms. The van der Waals surface area contributed by atoms with Crippen molar-refractivity contribution in [3.05, 3.63) is 27.7 Å². The number of phenolic OH excluding ortho intramolecular Hbond substituents is 1. The standard InChI is InChI=1S/C9H10BrNO/c10-9-4-7(12)3-6-1-2-11-5-8(6)9/h3-4,11-12H,1-2,5H2. The van der Waals surface area contributed by atoms with E-state index in [1.807, 2.05) is 6.07 Å². The van der Waals surface area contributed by atoms with Crippen molar-refractivity contribution >= 4 is 15.9 Å². The molecule has 0 unspecified atom stereocenters. The summed E-state index contributed by atoms with van der Waals surface area (Å²) < 4.78 is 1.00. The van der Waals surface area contributed by atoms with Gasteiger partial charge in [-0.1, -0.05) is 15.9 Å². The SMILES string of the molecule is Oc1cc(Br)c2c(c1)CCNC2. The lowest BCUT2D eigenvalue weighted by atomic mass is 10.0. The van der Waals surface area contributed by atoms with E-state index >= 15 is 0 Å². The maximum Gasteiger partial charge on any atom is 0.116 e. The van der Waals surface area contributed by atoms with Crippen LogP contribution < -0.4 is 5.32 Å². The van der Waals surface area contributed by atoms with Crippen LogP contribution in [0.4, 0.5) is 0 Å². The summed E-state index contributed by atoms with van der Waals surface area (Å²) in [4.78, 5) is 0. The van der Waals surface area contributed by atoms with E-state index in [4.69, 9.17) is 0 Å². The van der Waals surface area contributed by atoms with E-state index in [-0.39, 0.29) is 0 Å². The number of halogens is 1. The van der Waals surface area contributed by atoms with E-state index in [1.165, 1.54) is 11.1 Å². The lowest BCUT2D eigenvalue weighted by Gasteiger charge is -2.18. The Hall–Kier alpha value is -0.540. The van der Waals surface area contributed by atoms with Gasteiger partial charge in [0.05, 0.1) is 0 Å². The number of rotatable bonds is 0. The van der Waals surface area contributed by atoms with Crippen LogP contribution in [0.25, 0.3) is 0 Å². The normalized spacial score (nSPS) is 15.8. The zero-order chi connectivity index (χ0) is 8.55. The molecule has 2 nitrogen and oxygen atoms in total. The van der Waals surface area contributed by atoms with Crippen LogP contribution in [0.1, 0.15) is 11.1 Å². The molecule has 1 heterocycles. The third-order valence-corrected chi connectivity index (χ3v) is 2.85. The topological polar surface area (TPSA) is 32.3 Å². The van der Waals surface area contributed by atoms with Gasteiger partial charge in [0.25, 0.3) is 0 Å². The first-order valence-corrected chi connectivity index (χ1v) is 4.77. The van der Waals surface area contributed by atoms with Crippen LogP contribution >= 0.6 is 15.9 Å². The molecule has 1 aliphatic heterocycles. The molecule has 0 atom stereocenters. The Kier molecular flexibility index (Phi) is 2.07. The number of nitrogens with one attached hydrogen (secondary N) is 1. The average molecular weight is 228 g/mol. The van der Waals surface area contributed by atoms with Gasteiger partial charge in [-0.15, -0.1) is 0 Å². The number of fused-ring (bicyclic) bond motifs is 1. The van der Waals surface area contributed by atoms with Crippen molar-refractivity contribution in [3.8, 4) is 5.75 Å². The van der Waals surface area contributed by atoms with Gasteiger partial charge in [0.1, 0.15) is 5.75 Å². The molecular formula is C9H10BrNO. The van der Waals surface area contributed by atoms with Gasteiger partial charge >= 0.3 is 0 Å². The van der Waals surface area contributed by atoms with Crippen LogP contribution in [-0.2, 0) is 13.0 Å². The fourth-order valence-electron chi connectivity index (χ4n) is 1.54. The Morgan fingerprint density at radius 1 is 1.42 bits per heavy atom. The predicted molar refractivity (Wildman–Crippen MR) is 51.2 cm³/mol. The highest BCUT2D eigenvalue weighted by molar-refractivity contribution is 9.10. The lowest BCUT2D eigenvalue weighted by molar-refractivity contribution is 0.472. The van der Waals surface area contributed by atoms with Crippen molar-refractivity contribution in [2.45, 2.75) is 13.0 Å². The summed E-state index contributed by atoms with van der Waals surface area (Å²) in [6.07, 6.45) is 1.00. The second kappa shape index (κ2) is 3.07. The maximum absolute atomic E-state index is 9.32. The number of hydrogen-bond acceptors (Lipinski definition) is 2. The van der Waals surface area contributed by atoms with Gasteiger partial charge < -0.3 is 10.4 Å². The third-order valence-electron chi connectivity index (χ3n) is 2.15. The Balaban J connectivity index is 2.53. The monoisotopic (exact) mass is 227 g/mol. The average Bonchev–Trinajstić information content (AvgIpc) is 2.04. The summed E-state index contributed by atoms with van der Waals surface area (Å²) in [6, 6.07) is 3.59. The molecule has 1 aliphatic rings. The van der Waals surface area contributed by atoms with Crippen molar-refractivity contribution < 1.29 is 5.11 Å². The third kappa shape index (κ3) is 1.34. The summed E-state index contributed by atoms with van der Waals surface area (Å²) in [5.41, 5.74) is 2.53. The summed E-state index contributed by atoms with van der Waals surface area (Å²) in [5.74, 6) is 0.350. The minimum atomic E-state index is 0.350. The van der Waals surface area contributed by atoms with Crippen LogP contribution in [0.5, 0.6) is 5.75 Å². The van der Waals surface area contributed by atoms with E-state index in [1.54, 1.807) is 6.07 Å². The van der Waals surface area contributed by atoms with E-state index in [2.05, 4.69) is 21.2 Å². The molecule has 1 aromatic rings. The van der Waals surface area contributed by atoms with Gasteiger partial charge in [0.15, 0.2) is 0 Å². The van der Waals surface area contributed by atoms with E-state index in [9.17, 15) is 5.11 Å². The second-order valence-electron chi connectivity index (χ2n) is 2.99. The summed E-state index contributed by atoms with van der Waals surface area (Å²) in [5, 5.41) is 12.6. The molecule has 0 radical (unpaired) electrons. The highest BCUT2D eigenvalue weighted by atomic mass is 79.9. The van der Waals surface area contributed by atoms with Gasteiger partial charge in [-0.3, -0.25) is 0 Å². The number of phenols is 1. The molecule has 1 aromatic carbocycles. The molecular weight excluding hydrogens is 218 g/mol. The molecule has 0 saturated carbocycles. The largest absolute Gasteiger partial charge is 0.508 e. The Labute approximate surface area is 79.7 Å². The molecule has 0 spiro atoms. The van der Waals surface area contributed by atoms with Crippen LogP contribution in [0.15, 0.2) is 16.6 Å². The van der Waals surface area contributed by atoms with E-state index in [0.717, 1.165) is 24.0 Å². The van der Waals surface area contributed by atoms with Crippen LogP contribution in [0.2, 0.25) is 0 Å². The molecule has 2 N–H and O–H groups in total. The molecule has 0 aliphatic carbocycles. The number of aromatic hydroxyl groups is 1. The van der Waals surface area contributed by atoms with Gasteiger partial charge in [-0.25, -0.2) is 0 Å². The molecule has 64 valence electrons. The van der Waals surface area contributed by atoms with Crippen molar-refractivity contribution in [2.75, 3.05) is 6.54 Å². The summed E-state index contributed by atoms with van der Waals surface area (Å²) in [7, 11) is 0. The second-order valence-corrected chi connectivity index (χ2v) is 3.85. The molecule has 0 aromatic heterocycles. The number of benzene rings is 1. The molecule has 0 bridgehead atoms. The quantitative estimate of drug-likeness (QED) is 0.709. The van der Waals surface area contributed by atoms with E-state index in [0.29, 0.717) is 5.75 Å². The zero-order valence-corrected chi connectivity index (χ0v) is 8.19.